The SMILES string of the molecule is CC(C)(C)OC(=O)/C=C/C(C#N)(CCc1ccc(Br)cc1)C(=O)OC(C)(C)C. The molecule has 0 saturated heterocycles. The number of esters is 2. The summed E-state index contributed by atoms with van der Waals surface area (Å²) < 4.78 is 11.6. The smallest absolute Gasteiger partial charge is 0.331 e. The minimum Gasteiger partial charge on any atom is -0.459 e. The maximum atomic E-state index is 12.8. The molecule has 5 nitrogen and oxygen atoms in total. The Balaban J connectivity index is 3.12. The van der Waals surface area contributed by atoms with Crippen LogP contribution in [-0.2, 0) is 25.5 Å². The number of halogens is 1. The number of rotatable bonds is 6. The van der Waals surface area contributed by atoms with Crippen LogP contribution in [0.4, 0.5) is 0 Å². The lowest BCUT2D eigenvalue weighted by atomic mass is 9.82. The Labute approximate surface area is 175 Å². The first kappa shape index (κ1) is 23.9. The molecule has 0 aliphatic rings. The molecule has 1 aromatic carbocycles. The number of hydrogen-bond acceptors (Lipinski definition) is 5. The zero-order chi connectivity index (χ0) is 21.6. The normalized spacial score (nSPS) is 14.2. The van der Waals surface area contributed by atoms with Crippen molar-refractivity contribution in [2.75, 3.05) is 0 Å². The van der Waals surface area contributed by atoms with Crippen molar-refractivity contribution in [3.63, 3.8) is 0 Å². The summed E-state index contributed by atoms with van der Waals surface area (Å²) in [6, 6.07) is 9.68. The van der Waals surface area contributed by atoms with Gasteiger partial charge in [-0.2, -0.15) is 5.26 Å². The molecular formula is C22H28BrNO4. The van der Waals surface area contributed by atoms with Crippen molar-refractivity contribution < 1.29 is 19.1 Å². The molecule has 0 aromatic heterocycles. The lowest BCUT2D eigenvalue weighted by Gasteiger charge is -2.27. The predicted molar refractivity (Wildman–Crippen MR) is 111 cm³/mol. The molecule has 1 aromatic rings. The molecule has 0 N–H and O–H groups in total. The standard InChI is InChI=1S/C22H28BrNO4/c1-20(2,3)27-18(25)12-14-22(15-24,19(26)28-21(4,5)6)13-11-16-7-9-17(23)10-8-16/h7-10,12,14H,11,13H2,1-6H3/b14-12+. The molecule has 0 aliphatic carbocycles. The van der Waals surface area contributed by atoms with Crippen LogP contribution in [0.5, 0.6) is 0 Å². The van der Waals surface area contributed by atoms with Crippen molar-refractivity contribution in [2.45, 2.75) is 65.6 Å². The molecule has 0 spiro atoms. The van der Waals surface area contributed by atoms with Gasteiger partial charge in [-0.15, -0.1) is 0 Å². The Morgan fingerprint density at radius 2 is 1.57 bits per heavy atom. The van der Waals surface area contributed by atoms with Gasteiger partial charge in [0.15, 0.2) is 5.41 Å². The fourth-order valence-electron chi connectivity index (χ4n) is 2.30. The van der Waals surface area contributed by atoms with Crippen LogP contribution >= 0.6 is 15.9 Å². The van der Waals surface area contributed by atoms with Crippen LogP contribution in [0.1, 0.15) is 53.5 Å². The van der Waals surface area contributed by atoms with Gasteiger partial charge in [-0.1, -0.05) is 28.1 Å². The number of aryl methyl sites for hydroxylation is 1. The van der Waals surface area contributed by atoms with E-state index in [0.717, 1.165) is 16.1 Å². The van der Waals surface area contributed by atoms with Crippen LogP contribution in [0.25, 0.3) is 0 Å². The van der Waals surface area contributed by atoms with Crippen LogP contribution in [-0.4, -0.2) is 23.1 Å². The van der Waals surface area contributed by atoms with Gasteiger partial charge in [-0.25, -0.2) is 9.59 Å². The van der Waals surface area contributed by atoms with Gasteiger partial charge in [0, 0.05) is 10.5 Å². The van der Waals surface area contributed by atoms with Gasteiger partial charge in [0.25, 0.3) is 0 Å². The molecule has 1 rings (SSSR count). The molecule has 152 valence electrons. The third kappa shape index (κ3) is 8.26. The highest BCUT2D eigenvalue weighted by Crippen LogP contribution is 2.30. The molecule has 0 heterocycles. The number of nitrogens with zero attached hydrogens (tertiary/aromatic N) is 1. The highest BCUT2D eigenvalue weighted by Gasteiger charge is 2.40. The highest BCUT2D eigenvalue weighted by molar-refractivity contribution is 9.10. The van der Waals surface area contributed by atoms with Crippen LogP contribution in [0.15, 0.2) is 40.9 Å². The lowest BCUT2D eigenvalue weighted by Crippen LogP contribution is -2.36. The maximum absolute atomic E-state index is 12.8. The van der Waals surface area contributed by atoms with Gasteiger partial charge in [0.1, 0.15) is 11.2 Å². The second kappa shape index (κ2) is 9.38. The summed E-state index contributed by atoms with van der Waals surface area (Å²) in [5.41, 5.74) is -2.04. The largest absolute Gasteiger partial charge is 0.459 e. The summed E-state index contributed by atoms with van der Waals surface area (Å²) in [7, 11) is 0. The van der Waals surface area contributed by atoms with Gasteiger partial charge < -0.3 is 9.47 Å². The molecular weight excluding hydrogens is 422 g/mol. The zero-order valence-electron chi connectivity index (χ0n) is 17.3. The molecule has 6 heteroatoms. The maximum Gasteiger partial charge on any atom is 0.331 e. The average Bonchev–Trinajstić information content (AvgIpc) is 2.53. The van der Waals surface area contributed by atoms with Crippen molar-refractivity contribution in [1.29, 1.82) is 5.26 Å². The summed E-state index contributed by atoms with van der Waals surface area (Å²) in [4.78, 5) is 24.9. The number of carbonyl (C=O) groups excluding carboxylic acids is 2. The summed E-state index contributed by atoms with van der Waals surface area (Å²) in [5, 5.41) is 9.85. The molecule has 0 saturated carbocycles. The number of hydrogen-bond donors (Lipinski definition) is 0. The van der Waals surface area contributed by atoms with E-state index in [9.17, 15) is 14.9 Å². The van der Waals surface area contributed by atoms with Crippen molar-refractivity contribution in [2.24, 2.45) is 5.41 Å². The Morgan fingerprint density at radius 3 is 2.04 bits per heavy atom. The molecule has 1 unspecified atom stereocenters. The topological polar surface area (TPSA) is 76.4 Å². The van der Waals surface area contributed by atoms with E-state index >= 15 is 0 Å². The lowest BCUT2D eigenvalue weighted by molar-refractivity contribution is -0.161. The van der Waals surface area contributed by atoms with E-state index < -0.39 is 28.6 Å². The van der Waals surface area contributed by atoms with E-state index in [4.69, 9.17) is 9.47 Å². The zero-order valence-corrected chi connectivity index (χ0v) is 18.9. The number of ether oxygens (including phenoxy) is 2. The Hall–Kier alpha value is -2.13. The second-order valence-electron chi connectivity index (χ2n) is 8.58. The quantitative estimate of drug-likeness (QED) is 0.444. The Kier molecular flexibility index (Phi) is 8.01. The van der Waals surface area contributed by atoms with Gasteiger partial charge in [-0.05, 0) is 78.2 Å². The van der Waals surface area contributed by atoms with E-state index in [1.165, 1.54) is 6.08 Å². The number of carbonyl (C=O) groups is 2. The first-order valence-corrected chi connectivity index (χ1v) is 9.87. The Morgan fingerprint density at radius 1 is 1.04 bits per heavy atom. The van der Waals surface area contributed by atoms with Crippen molar-refractivity contribution in [3.8, 4) is 6.07 Å². The summed E-state index contributed by atoms with van der Waals surface area (Å²) in [6.07, 6.45) is 3.09. The fourth-order valence-corrected chi connectivity index (χ4v) is 2.56. The van der Waals surface area contributed by atoms with E-state index in [1.54, 1.807) is 41.5 Å². The third-order valence-electron chi connectivity index (χ3n) is 3.59. The molecule has 0 radical (unpaired) electrons. The van der Waals surface area contributed by atoms with Crippen molar-refractivity contribution >= 4 is 27.9 Å². The third-order valence-corrected chi connectivity index (χ3v) is 4.12. The summed E-state index contributed by atoms with van der Waals surface area (Å²) in [6.45, 7) is 10.4. The molecule has 28 heavy (non-hydrogen) atoms. The number of nitriles is 1. The molecule has 1 atom stereocenters. The first-order chi connectivity index (χ1) is 12.8. The number of benzene rings is 1. The summed E-state index contributed by atoms with van der Waals surface area (Å²) >= 11 is 3.38. The molecule has 0 fully saturated rings. The van der Waals surface area contributed by atoms with E-state index in [-0.39, 0.29) is 6.42 Å². The van der Waals surface area contributed by atoms with Gasteiger partial charge in [0.05, 0.1) is 6.07 Å². The van der Waals surface area contributed by atoms with Crippen LogP contribution in [0.3, 0.4) is 0 Å². The van der Waals surface area contributed by atoms with Gasteiger partial charge in [0.2, 0.25) is 0 Å². The van der Waals surface area contributed by atoms with Crippen molar-refractivity contribution in [3.05, 3.63) is 46.5 Å². The molecule has 0 bridgehead atoms. The van der Waals surface area contributed by atoms with Gasteiger partial charge >= 0.3 is 11.9 Å². The first-order valence-electron chi connectivity index (χ1n) is 9.08. The van der Waals surface area contributed by atoms with E-state index in [0.29, 0.717) is 6.42 Å². The van der Waals surface area contributed by atoms with E-state index in [2.05, 4.69) is 22.0 Å². The Bertz CT molecular complexity index is 764. The molecule has 0 aliphatic heterocycles. The minimum absolute atomic E-state index is 0.180. The van der Waals surface area contributed by atoms with Crippen molar-refractivity contribution in [1.82, 2.24) is 0 Å². The molecule has 0 amide bonds. The average molecular weight is 450 g/mol. The summed E-state index contributed by atoms with van der Waals surface area (Å²) in [5.74, 6) is -1.29. The fraction of sp³-hybridized carbons (Fsp3) is 0.500. The highest BCUT2D eigenvalue weighted by atomic mass is 79.9. The predicted octanol–water partition coefficient (Wildman–Crippen LogP) is 5.13. The monoisotopic (exact) mass is 449 g/mol. The van der Waals surface area contributed by atoms with Crippen LogP contribution in [0, 0.1) is 16.7 Å². The van der Waals surface area contributed by atoms with Crippen LogP contribution < -0.4 is 0 Å². The minimum atomic E-state index is -1.59. The van der Waals surface area contributed by atoms with Crippen LogP contribution in [0.2, 0.25) is 0 Å². The van der Waals surface area contributed by atoms with E-state index in [1.807, 2.05) is 24.3 Å². The van der Waals surface area contributed by atoms with Gasteiger partial charge in [-0.3, -0.25) is 0 Å². The second-order valence-corrected chi connectivity index (χ2v) is 9.49.